The molecule has 1 amide bonds. The lowest BCUT2D eigenvalue weighted by Gasteiger charge is -2.11. The number of ether oxygens (including phenoxy) is 1. The van der Waals surface area contributed by atoms with Crippen LogP contribution in [0.4, 0.5) is 0 Å². The van der Waals surface area contributed by atoms with Crippen LogP contribution in [0.1, 0.15) is 57.3 Å². The molecule has 0 saturated carbocycles. The van der Waals surface area contributed by atoms with Gasteiger partial charge in [0.1, 0.15) is 11.6 Å². The third kappa shape index (κ3) is 5.85. The van der Waals surface area contributed by atoms with E-state index in [1.165, 1.54) is 5.56 Å². The van der Waals surface area contributed by atoms with Gasteiger partial charge in [0.05, 0.1) is 17.6 Å². The Morgan fingerprint density at radius 1 is 1.10 bits per heavy atom. The summed E-state index contributed by atoms with van der Waals surface area (Å²) in [5, 5.41) is 2.94. The lowest BCUT2D eigenvalue weighted by atomic mass is 10.0. The molecule has 3 aromatic rings. The molecule has 1 N–H and O–H groups in total. The number of fused-ring (bicyclic) bond motifs is 1. The number of benzene rings is 2. The fraction of sp³-hybridized carbons (Fsp3) is 0.440. The first-order chi connectivity index (χ1) is 14.6. The first-order valence-corrected chi connectivity index (χ1v) is 11.0. The molecule has 5 heteroatoms. The van der Waals surface area contributed by atoms with Gasteiger partial charge in [0, 0.05) is 25.9 Å². The molecule has 2 aromatic carbocycles. The molecule has 0 aliphatic carbocycles. The zero-order valence-electron chi connectivity index (χ0n) is 18.4. The number of amides is 1. The monoisotopic (exact) mass is 407 g/mol. The SMILES string of the molecule is CCC(=O)NCCCc1nc2ccccc2n1CCCOc1ccc(C(C)C)cc1. The highest BCUT2D eigenvalue weighted by atomic mass is 16.5. The van der Waals surface area contributed by atoms with E-state index in [9.17, 15) is 4.79 Å². The topological polar surface area (TPSA) is 56.2 Å². The summed E-state index contributed by atoms with van der Waals surface area (Å²) in [5.41, 5.74) is 3.51. The fourth-order valence-electron chi connectivity index (χ4n) is 3.53. The van der Waals surface area contributed by atoms with Gasteiger partial charge in [-0.25, -0.2) is 4.98 Å². The van der Waals surface area contributed by atoms with Crippen molar-refractivity contribution >= 4 is 16.9 Å². The maximum atomic E-state index is 11.4. The summed E-state index contributed by atoms with van der Waals surface area (Å²) >= 11 is 0. The van der Waals surface area contributed by atoms with E-state index in [1.807, 2.05) is 13.0 Å². The second-order valence-electron chi connectivity index (χ2n) is 7.90. The third-order valence-corrected chi connectivity index (χ3v) is 5.30. The van der Waals surface area contributed by atoms with Gasteiger partial charge in [-0.2, -0.15) is 0 Å². The normalized spacial score (nSPS) is 11.2. The maximum Gasteiger partial charge on any atom is 0.219 e. The lowest BCUT2D eigenvalue weighted by Crippen LogP contribution is -2.23. The van der Waals surface area contributed by atoms with Crippen molar-refractivity contribution in [2.75, 3.05) is 13.2 Å². The van der Waals surface area contributed by atoms with Crippen LogP contribution in [0, 0.1) is 0 Å². The van der Waals surface area contributed by atoms with Crippen molar-refractivity contribution in [3.63, 3.8) is 0 Å². The molecular formula is C25H33N3O2. The molecule has 0 aliphatic heterocycles. The predicted octanol–water partition coefficient (Wildman–Crippen LogP) is 5.09. The van der Waals surface area contributed by atoms with E-state index in [2.05, 4.69) is 66.2 Å². The second kappa shape index (κ2) is 10.8. The van der Waals surface area contributed by atoms with Gasteiger partial charge in [-0.15, -0.1) is 0 Å². The van der Waals surface area contributed by atoms with Crippen LogP contribution in [0.25, 0.3) is 11.0 Å². The number of imidazole rings is 1. The molecule has 160 valence electrons. The minimum absolute atomic E-state index is 0.0991. The zero-order valence-corrected chi connectivity index (χ0v) is 18.4. The second-order valence-corrected chi connectivity index (χ2v) is 7.90. The molecular weight excluding hydrogens is 374 g/mol. The molecule has 0 bridgehead atoms. The smallest absolute Gasteiger partial charge is 0.219 e. The van der Waals surface area contributed by atoms with Gasteiger partial charge < -0.3 is 14.6 Å². The van der Waals surface area contributed by atoms with Crippen molar-refractivity contribution < 1.29 is 9.53 Å². The number of para-hydroxylation sites is 2. The summed E-state index contributed by atoms with van der Waals surface area (Å²) in [4.78, 5) is 16.3. The van der Waals surface area contributed by atoms with E-state index >= 15 is 0 Å². The number of nitrogens with zero attached hydrogens (tertiary/aromatic N) is 2. The molecule has 1 heterocycles. The third-order valence-electron chi connectivity index (χ3n) is 5.30. The van der Waals surface area contributed by atoms with Crippen molar-refractivity contribution in [2.45, 2.75) is 58.9 Å². The first-order valence-electron chi connectivity index (χ1n) is 11.0. The van der Waals surface area contributed by atoms with Gasteiger partial charge in [-0.1, -0.05) is 45.0 Å². The van der Waals surface area contributed by atoms with Crippen LogP contribution in [-0.4, -0.2) is 28.6 Å². The summed E-state index contributed by atoms with van der Waals surface area (Å²) in [6, 6.07) is 16.6. The average Bonchev–Trinajstić information content (AvgIpc) is 3.11. The molecule has 0 spiro atoms. The largest absolute Gasteiger partial charge is 0.494 e. The minimum atomic E-state index is 0.0991. The minimum Gasteiger partial charge on any atom is -0.494 e. The van der Waals surface area contributed by atoms with Gasteiger partial charge in [0.25, 0.3) is 0 Å². The van der Waals surface area contributed by atoms with Crippen LogP contribution in [0.2, 0.25) is 0 Å². The molecule has 0 aliphatic rings. The van der Waals surface area contributed by atoms with Gasteiger partial charge in [0.2, 0.25) is 5.91 Å². The molecule has 0 radical (unpaired) electrons. The standard InChI is InChI=1S/C25H33N3O2/c1-4-25(29)26-16-7-11-24-27-22-9-5-6-10-23(22)28(24)17-8-18-30-21-14-12-20(13-15-21)19(2)3/h5-6,9-10,12-15,19H,4,7-8,11,16-18H2,1-3H3,(H,26,29). The Kier molecular flexibility index (Phi) is 7.89. The van der Waals surface area contributed by atoms with E-state index in [0.717, 1.165) is 48.4 Å². The van der Waals surface area contributed by atoms with Crippen LogP contribution in [0.15, 0.2) is 48.5 Å². The van der Waals surface area contributed by atoms with Gasteiger partial charge in [-0.05, 0) is 48.6 Å². The Hall–Kier alpha value is -2.82. The van der Waals surface area contributed by atoms with E-state index < -0.39 is 0 Å². The predicted molar refractivity (Wildman–Crippen MR) is 122 cm³/mol. The Balaban J connectivity index is 1.56. The summed E-state index contributed by atoms with van der Waals surface area (Å²) in [5.74, 6) is 2.62. The summed E-state index contributed by atoms with van der Waals surface area (Å²) < 4.78 is 8.24. The van der Waals surface area contributed by atoms with Crippen molar-refractivity contribution in [1.82, 2.24) is 14.9 Å². The number of hydrogen-bond donors (Lipinski definition) is 1. The Morgan fingerprint density at radius 3 is 2.60 bits per heavy atom. The van der Waals surface area contributed by atoms with Crippen molar-refractivity contribution in [2.24, 2.45) is 0 Å². The van der Waals surface area contributed by atoms with Crippen LogP contribution < -0.4 is 10.1 Å². The van der Waals surface area contributed by atoms with Crippen molar-refractivity contribution in [3.05, 3.63) is 59.9 Å². The highest BCUT2D eigenvalue weighted by Crippen LogP contribution is 2.20. The summed E-state index contributed by atoms with van der Waals surface area (Å²) in [6.45, 7) is 8.48. The quantitative estimate of drug-likeness (QED) is 0.451. The number of carbonyl (C=O) groups is 1. The van der Waals surface area contributed by atoms with E-state index in [1.54, 1.807) is 0 Å². The molecule has 30 heavy (non-hydrogen) atoms. The fourth-order valence-corrected chi connectivity index (χ4v) is 3.53. The highest BCUT2D eigenvalue weighted by molar-refractivity contribution is 5.76. The van der Waals surface area contributed by atoms with Crippen LogP contribution >= 0.6 is 0 Å². The van der Waals surface area contributed by atoms with Crippen molar-refractivity contribution in [3.8, 4) is 5.75 Å². The van der Waals surface area contributed by atoms with Crippen LogP contribution in [0.3, 0.4) is 0 Å². The average molecular weight is 408 g/mol. The number of rotatable bonds is 11. The Labute approximate surface area is 179 Å². The number of nitrogens with one attached hydrogen (secondary N) is 1. The van der Waals surface area contributed by atoms with Gasteiger partial charge >= 0.3 is 0 Å². The zero-order chi connectivity index (χ0) is 21.3. The van der Waals surface area contributed by atoms with Gasteiger partial charge in [-0.3, -0.25) is 4.79 Å². The number of aryl methyl sites for hydroxylation is 2. The molecule has 3 rings (SSSR count). The summed E-state index contributed by atoms with van der Waals surface area (Å²) in [7, 11) is 0. The summed E-state index contributed by atoms with van der Waals surface area (Å²) in [6.07, 6.45) is 3.16. The lowest BCUT2D eigenvalue weighted by molar-refractivity contribution is -0.120. The number of aromatic nitrogens is 2. The van der Waals surface area contributed by atoms with Crippen LogP contribution in [0.5, 0.6) is 5.75 Å². The molecule has 0 atom stereocenters. The van der Waals surface area contributed by atoms with E-state index in [0.29, 0.717) is 25.5 Å². The number of hydrogen-bond acceptors (Lipinski definition) is 3. The van der Waals surface area contributed by atoms with Gasteiger partial charge in [0.15, 0.2) is 0 Å². The van der Waals surface area contributed by atoms with Crippen LogP contribution in [-0.2, 0) is 17.8 Å². The molecule has 0 unspecified atom stereocenters. The Morgan fingerprint density at radius 2 is 1.87 bits per heavy atom. The molecule has 0 saturated heterocycles. The number of carbonyl (C=O) groups excluding carboxylic acids is 1. The first kappa shape index (κ1) is 21.9. The molecule has 1 aromatic heterocycles. The molecule has 5 nitrogen and oxygen atoms in total. The van der Waals surface area contributed by atoms with E-state index in [4.69, 9.17) is 9.72 Å². The van der Waals surface area contributed by atoms with Crippen molar-refractivity contribution in [1.29, 1.82) is 0 Å². The van der Waals surface area contributed by atoms with E-state index in [-0.39, 0.29) is 5.91 Å². The maximum absolute atomic E-state index is 11.4. The molecule has 0 fully saturated rings. The Bertz CT molecular complexity index is 945. The highest BCUT2D eigenvalue weighted by Gasteiger charge is 2.10.